The monoisotopic (exact) mass is 264 g/mol. The summed E-state index contributed by atoms with van der Waals surface area (Å²) >= 11 is 0. The molecule has 4 N–H and O–H groups in total. The van der Waals surface area contributed by atoms with E-state index in [1.807, 2.05) is 0 Å². The molecule has 1 atom stereocenters. The van der Waals surface area contributed by atoms with Crippen LogP contribution in [0.5, 0.6) is 0 Å². The van der Waals surface area contributed by atoms with Crippen LogP contribution in [0.25, 0.3) is 0 Å². The number of nitrogens with two attached hydrogens (primary N) is 2. The molecule has 0 aliphatic heterocycles. The summed E-state index contributed by atoms with van der Waals surface area (Å²) in [5.74, 6) is -0.232. The lowest BCUT2D eigenvalue weighted by Crippen LogP contribution is -2.35. The second-order valence-corrected chi connectivity index (χ2v) is 4.59. The zero-order valence-corrected chi connectivity index (χ0v) is 11.2. The van der Waals surface area contributed by atoms with E-state index >= 15 is 0 Å². The van der Waals surface area contributed by atoms with Crippen molar-refractivity contribution in [3.8, 4) is 0 Å². The molecule has 1 rings (SSSR count). The quantitative estimate of drug-likeness (QED) is 0.566. The standard InChI is InChI=1S/C12H24N2O2.ClH/c13-9-5-4-8-11(14)12(15)16-10-6-2-1-3-7-10;/h10-11H,1-9,13-14H2;1H/t11-;/m0./s1. The Morgan fingerprint density at radius 1 is 1.24 bits per heavy atom. The first-order valence-electron chi connectivity index (χ1n) is 6.40. The number of unbranched alkanes of at least 4 members (excludes halogenated alkanes) is 1. The van der Waals surface area contributed by atoms with E-state index in [0.717, 1.165) is 25.7 Å². The highest BCUT2D eigenvalue weighted by atomic mass is 35.5. The average molecular weight is 265 g/mol. The molecule has 0 saturated heterocycles. The number of esters is 1. The number of carbonyl (C=O) groups excluding carboxylic acids is 1. The minimum absolute atomic E-state index is 0. The molecule has 1 saturated carbocycles. The summed E-state index contributed by atoms with van der Waals surface area (Å²) in [6.07, 6.45) is 8.21. The van der Waals surface area contributed by atoms with Gasteiger partial charge in [0.25, 0.3) is 0 Å². The fraction of sp³-hybridized carbons (Fsp3) is 0.917. The maximum atomic E-state index is 11.6. The highest BCUT2D eigenvalue weighted by Crippen LogP contribution is 2.20. The van der Waals surface area contributed by atoms with Crippen molar-refractivity contribution in [1.29, 1.82) is 0 Å². The van der Waals surface area contributed by atoms with Crippen LogP contribution in [0.3, 0.4) is 0 Å². The lowest BCUT2D eigenvalue weighted by Gasteiger charge is -2.23. The lowest BCUT2D eigenvalue weighted by molar-refractivity contribution is -0.152. The molecule has 1 fully saturated rings. The SMILES string of the molecule is Cl.NCCCC[C@H](N)C(=O)OC1CCCCC1. The van der Waals surface area contributed by atoms with Crippen LogP contribution in [0.2, 0.25) is 0 Å². The van der Waals surface area contributed by atoms with E-state index in [1.54, 1.807) is 0 Å². The molecule has 17 heavy (non-hydrogen) atoms. The highest BCUT2D eigenvalue weighted by molar-refractivity contribution is 5.85. The zero-order valence-electron chi connectivity index (χ0n) is 10.4. The van der Waals surface area contributed by atoms with Crippen molar-refractivity contribution in [3.63, 3.8) is 0 Å². The predicted molar refractivity (Wildman–Crippen MR) is 71.1 cm³/mol. The van der Waals surface area contributed by atoms with Crippen LogP contribution < -0.4 is 11.5 Å². The van der Waals surface area contributed by atoms with E-state index in [9.17, 15) is 4.79 Å². The maximum Gasteiger partial charge on any atom is 0.323 e. The second kappa shape index (κ2) is 9.68. The molecule has 1 aliphatic carbocycles. The summed E-state index contributed by atoms with van der Waals surface area (Å²) in [6, 6.07) is -0.464. The van der Waals surface area contributed by atoms with E-state index in [2.05, 4.69) is 0 Å². The van der Waals surface area contributed by atoms with Gasteiger partial charge in [-0.15, -0.1) is 12.4 Å². The molecule has 0 heterocycles. The summed E-state index contributed by atoms with van der Waals surface area (Å²) < 4.78 is 5.39. The molecule has 5 heteroatoms. The molecule has 0 aromatic heterocycles. The maximum absolute atomic E-state index is 11.6. The molecule has 102 valence electrons. The number of hydrogen-bond acceptors (Lipinski definition) is 4. The summed E-state index contributed by atoms with van der Waals surface area (Å²) in [5.41, 5.74) is 11.1. The van der Waals surface area contributed by atoms with E-state index < -0.39 is 6.04 Å². The van der Waals surface area contributed by atoms with Gasteiger partial charge in [-0.1, -0.05) is 12.8 Å². The average Bonchev–Trinajstić information content (AvgIpc) is 2.30. The number of carbonyl (C=O) groups is 1. The van der Waals surface area contributed by atoms with Gasteiger partial charge in [-0.05, 0) is 45.1 Å². The van der Waals surface area contributed by atoms with Crippen molar-refractivity contribution in [1.82, 2.24) is 0 Å². The van der Waals surface area contributed by atoms with E-state index in [4.69, 9.17) is 16.2 Å². The first-order chi connectivity index (χ1) is 7.74. The largest absolute Gasteiger partial charge is 0.461 e. The molecular formula is C12H25ClN2O2. The molecule has 0 unspecified atom stereocenters. The van der Waals surface area contributed by atoms with Crippen molar-refractivity contribution >= 4 is 18.4 Å². The van der Waals surface area contributed by atoms with Gasteiger partial charge in [-0.2, -0.15) is 0 Å². The van der Waals surface area contributed by atoms with Crippen LogP contribution in [-0.2, 0) is 9.53 Å². The van der Waals surface area contributed by atoms with Crippen molar-refractivity contribution in [2.24, 2.45) is 11.5 Å². The number of halogens is 1. The lowest BCUT2D eigenvalue weighted by atomic mass is 9.98. The molecule has 1 aliphatic rings. The summed E-state index contributed by atoms with van der Waals surface area (Å²) in [5, 5.41) is 0. The molecule has 0 aromatic carbocycles. The molecule has 4 nitrogen and oxygen atoms in total. The Morgan fingerprint density at radius 2 is 1.88 bits per heavy atom. The minimum atomic E-state index is -0.464. The fourth-order valence-corrected chi connectivity index (χ4v) is 2.06. The van der Waals surface area contributed by atoms with Crippen molar-refractivity contribution in [3.05, 3.63) is 0 Å². The Kier molecular flexibility index (Phi) is 9.50. The third-order valence-electron chi connectivity index (χ3n) is 3.11. The Labute approximate surface area is 110 Å². The molecule has 0 amide bonds. The van der Waals surface area contributed by atoms with Crippen LogP contribution in [0.15, 0.2) is 0 Å². The molecule has 0 radical (unpaired) electrons. The zero-order chi connectivity index (χ0) is 11.8. The smallest absolute Gasteiger partial charge is 0.323 e. The molecule has 0 spiro atoms. The van der Waals surface area contributed by atoms with Gasteiger partial charge in [-0.25, -0.2) is 0 Å². The molecular weight excluding hydrogens is 240 g/mol. The minimum Gasteiger partial charge on any atom is -0.461 e. The van der Waals surface area contributed by atoms with Crippen LogP contribution in [0.4, 0.5) is 0 Å². The first kappa shape index (κ1) is 16.7. The Bertz CT molecular complexity index is 209. The van der Waals surface area contributed by atoms with Gasteiger partial charge < -0.3 is 16.2 Å². The van der Waals surface area contributed by atoms with Crippen LogP contribution >= 0.6 is 12.4 Å². The summed E-state index contributed by atoms with van der Waals surface area (Å²) in [6.45, 7) is 0.657. The van der Waals surface area contributed by atoms with Gasteiger partial charge >= 0.3 is 5.97 Å². The van der Waals surface area contributed by atoms with E-state index in [0.29, 0.717) is 13.0 Å². The third-order valence-corrected chi connectivity index (χ3v) is 3.11. The van der Waals surface area contributed by atoms with Crippen molar-refractivity contribution in [2.75, 3.05) is 6.54 Å². The Hall–Kier alpha value is -0.320. The second-order valence-electron chi connectivity index (χ2n) is 4.59. The summed E-state index contributed by atoms with van der Waals surface area (Å²) in [7, 11) is 0. The van der Waals surface area contributed by atoms with Crippen molar-refractivity contribution < 1.29 is 9.53 Å². The predicted octanol–water partition coefficient (Wildman–Crippen LogP) is 1.74. The van der Waals surface area contributed by atoms with Crippen LogP contribution in [0, 0.1) is 0 Å². The van der Waals surface area contributed by atoms with E-state index in [1.165, 1.54) is 19.3 Å². The van der Waals surface area contributed by atoms with Gasteiger partial charge in [0, 0.05) is 0 Å². The Balaban J connectivity index is 0.00000256. The fourth-order valence-electron chi connectivity index (χ4n) is 2.06. The molecule has 0 aromatic rings. The topological polar surface area (TPSA) is 78.3 Å². The third kappa shape index (κ3) is 6.86. The van der Waals surface area contributed by atoms with Gasteiger partial charge in [0.05, 0.1) is 0 Å². The normalized spacial score (nSPS) is 18.2. The first-order valence-corrected chi connectivity index (χ1v) is 6.40. The van der Waals surface area contributed by atoms with Gasteiger partial charge in [0.2, 0.25) is 0 Å². The summed E-state index contributed by atoms with van der Waals surface area (Å²) in [4.78, 5) is 11.6. The number of hydrogen-bond donors (Lipinski definition) is 2. The van der Waals surface area contributed by atoms with Crippen LogP contribution in [-0.4, -0.2) is 24.7 Å². The highest BCUT2D eigenvalue weighted by Gasteiger charge is 2.21. The van der Waals surface area contributed by atoms with Crippen molar-refractivity contribution in [2.45, 2.75) is 63.5 Å². The number of ether oxygens (including phenoxy) is 1. The van der Waals surface area contributed by atoms with Gasteiger partial charge in [0.15, 0.2) is 0 Å². The van der Waals surface area contributed by atoms with Gasteiger partial charge in [0.1, 0.15) is 12.1 Å². The Morgan fingerprint density at radius 3 is 2.47 bits per heavy atom. The van der Waals surface area contributed by atoms with Crippen LogP contribution in [0.1, 0.15) is 51.4 Å². The number of rotatable bonds is 6. The molecule has 0 bridgehead atoms. The van der Waals surface area contributed by atoms with E-state index in [-0.39, 0.29) is 24.5 Å². The van der Waals surface area contributed by atoms with Gasteiger partial charge in [-0.3, -0.25) is 4.79 Å².